The summed E-state index contributed by atoms with van der Waals surface area (Å²) >= 11 is 0. The van der Waals surface area contributed by atoms with Crippen LogP contribution in [0.3, 0.4) is 0 Å². The fourth-order valence-corrected chi connectivity index (χ4v) is 4.81. The summed E-state index contributed by atoms with van der Waals surface area (Å²) in [6, 6.07) is 12.5. The van der Waals surface area contributed by atoms with Crippen molar-refractivity contribution in [3.8, 4) is 0 Å². The summed E-state index contributed by atoms with van der Waals surface area (Å²) in [6.07, 6.45) is 7.71. The molecule has 0 spiro atoms. The van der Waals surface area contributed by atoms with Crippen molar-refractivity contribution in [3.63, 3.8) is 0 Å². The van der Waals surface area contributed by atoms with Crippen molar-refractivity contribution >= 4 is 34.4 Å². The minimum Gasteiger partial charge on any atom is -0.378 e. The number of benzene rings is 1. The van der Waals surface area contributed by atoms with Gasteiger partial charge in [0.25, 0.3) is 0 Å². The van der Waals surface area contributed by atoms with E-state index in [1.807, 2.05) is 23.0 Å². The second-order valence-corrected chi connectivity index (χ2v) is 8.78. The Kier molecular flexibility index (Phi) is 5.43. The fourth-order valence-electron chi connectivity index (χ4n) is 4.81. The van der Waals surface area contributed by atoms with Gasteiger partial charge in [0.15, 0.2) is 11.5 Å². The Bertz CT molecular complexity index is 1280. The molecule has 0 saturated carbocycles. The number of piperidine rings is 1. The predicted molar refractivity (Wildman–Crippen MR) is 132 cm³/mol. The summed E-state index contributed by atoms with van der Waals surface area (Å²) in [6.45, 7) is 5.84. The molecule has 0 aliphatic carbocycles. The van der Waals surface area contributed by atoms with Crippen LogP contribution in [0.2, 0.25) is 0 Å². The molecule has 33 heavy (non-hydrogen) atoms. The number of hydrogen-bond acceptors (Lipinski definition) is 6. The molecule has 2 saturated heterocycles. The Morgan fingerprint density at radius 2 is 1.85 bits per heavy atom. The van der Waals surface area contributed by atoms with Gasteiger partial charge in [-0.2, -0.15) is 4.52 Å². The van der Waals surface area contributed by atoms with Gasteiger partial charge in [0, 0.05) is 67.2 Å². The van der Waals surface area contributed by atoms with Crippen LogP contribution in [0.15, 0.2) is 47.6 Å². The monoisotopic (exact) mass is 443 g/mol. The van der Waals surface area contributed by atoms with Crippen molar-refractivity contribution in [3.05, 3.63) is 53.9 Å². The van der Waals surface area contributed by atoms with Gasteiger partial charge >= 0.3 is 0 Å². The average molecular weight is 444 g/mol. The van der Waals surface area contributed by atoms with E-state index in [1.54, 1.807) is 0 Å². The number of nitrogens with one attached hydrogen (secondary N) is 1. The number of H-pyrrole nitrogens is 1. The molecular weight excluding hydrogens is 414 g/mol. The highest BCUT2D eigenvalue weighted by Crippen LogP contribution is 2.25. The van der Waals surface area contributed by atoms with E-state index in [0.717, 1.165) is 73.4 Å². The molecule has 5 heterocycles. The SMILES string of the molecule is C(=NCc1cc(N2CCOCC2)n2nc(N3CCCCC3)cc2n1)c1c[nH]c2ccccc12. The molecule has 2 fully saturated rings. The second-order valence-electron chi connectivity index (χ2n) is 8.78. The number of rotatable bonds is 5. The molecule has 170 valence electrons. The molecule has 0 amide bonds. The highest BCUT2D eigenvalue weighted by Gasteiger charge is 2.20. The molecule has 1 aromatic carbocycles. The van der Waals surface area contributed by atoms with Crippen LogP contribution in [0.25, 0.3) is 16.6 Å². The minimum atomic E-state index is 0.525. The van der Waals surface area contributed by atoms with Crippen molar-refractivity contribution in [2.75, 3.05) is 49.2 Å². The van der Waals surface area contributed by atoms with Gasteiger partial charge in [0.05, 0.1) is 25.5 Å². The smallest absolute Gasteiger partial charge is 0.159 e. The van der Waals surface area contributed by atoms with Crippen molar-refractivity contribution in [2.24, 2.45) is 4.99 Å². The Hall–Kier alpha value is -3.39. The standard InChI is InChI=1S/C25H29N7O/c1-4-8-30(9-5-1)24-15-23-28-20(14-25(32(23)29-24)31-10-12-33-13-11-31)18-26-16-19-17-27-22-7-3-2-6-21(19)22/h2-3,6-7,14-17,27H,1,4-5,8-13,18H2. The highest BCUT2D eigenvalue weighted by molar-refractivity contribution is 5.98. The van der Waals surface area contributed by atoms with Crippen LogP contribution in [-0.4, -0.2) is 65.2 Å². The molecule has 8 nitrogen and oxygen atoms in total. The number of anilines is 2. The van der Waals surface area contributed by atoms with E-state index in [-0.39, 0.29) is 0 Å². The molecule has 0 atom stereocenters. The number of fused-ring (bicyclic) bond motifs is 2. The average Bonchev–Trinajstić information content (AvgIpc) is 3.49. The first-order chi connectivity index (χ1) is 16.3. The minimum absolute atomic E-state index is 0.525. The molecule has 0 radical (unpaired) electrons. The molecule has 3 aromatic heterocycles. The molecule has 2 aliphatic heterocycles. The number of ether oxygens (including phenoxy) is 1. The maximum atomic E-state index is 5.58. The largest absolute Gasteiger partial charge is 0.378 e. The number of para-hydroxylation sites is 1. The highest BCUT2D eigenvalue weighted by atomic mass is 16.5. The fraction of sp³-hybridized carbons (Fsp3) is 0.400. The summed E-state index contributed by atoms with van der Waals surface area (Å²) < 4.78 is 7.59. The Morgan fingerprint density at radius 3 is 2.73 bits per heavy atom. The third-order valence-electron chi connectivity index (χ3n) is 6.57. The molecule has 2 aliphatic rings. The lowest BCUT2D eigenvalue weighted by Crippen LogP contribution is -2.37. The van der Waals surface area contributed by atoms with Gasteiger partial charge in [-0.25, -0.2) is 4.98 Å². The molecular formula is C25H29N7O. The number of hydrogen-bond donors (Lipinski definition) is 1. The van der Waals surface area contributed by atoms with Gasteiger partial charge in [-0.1, -0.05) is 18.2 Å². The zero-order valence-corrected chi connectivity index (χ0v) is 18.8. The predicted octanol–water partition coefficient (Wildman–Crippen LogP) is 3.66. The Balaban J connectivity index is 1.32. The Labute approximate surface area is 192 Å². The first-order valence-electron chi connectivity index (χ1n) is 11.9. The summed E-state index contributed by atoms with van der Waals surface area (Å²) in [4.78, 5) is 17.7. The zero-order chi connectivity index (χ0) is 22.0. The van der Waals surface area contributed by atoms with Crippen molar-refractivity contribution in [2.45, 2.75) is 25.8 Å². The lowest BCUT2D eigenvalue weighted by molar-refractivity contribution is 0.122. The van der Waals surface area contributed by atoms with E-state index >= 15 is 0 Å². The van der Waals surface area contributed by atoms with Gasteiger partial charge in [-0.15, -0.1) is 5.10 Å². The topological polar surface area (TPSA) is 74.0 Å². The van der Waals surface area contributed by atoms with Gasteiger partial charge in [-0.3, -0.25) is 4.99 Å². The van der Waals surface area contributed by atoms with E-state index < -0.39 is 0 Å². The second kappa shape index (κ2) is 8.86. The van der Waals surface area contributed by atoms with E-state index in [0.29, 0.717) is 6.54 Å². The van der Waals surface area contributed by atoms with Crippen LogP contribution in [0.1, 0.15) is 30.5 Å². The van der Waals surface area contributed by atoms with Crippen LogP contribution in [0, 0.1) is 0 Å². The molecule has 0 bridgehead atoms. The molecule has 6 rings (SSSR count). The van der Waals surface area contributed by atoms with Crippen LogP contribution in [-0.2, 0) is 11.3 Å². The molecule has 1 N–H and O–H groups in total. The number of nitrogens with zero attached hydrogens (tertiary/aromatic N) is 6. The van der Waals surface area contributed by atoms with E-state index in [9.17, 15) is 0 Å². The van der Waals surface area contributed by atoms with Crippen LogP contribution >= 0.6 is 0 Å². The maximum Gasteiger partial charge on any atom is 0.159 e. The number of aromatic amines is 1. The molecule has 0 unspecified atom stereocenters. The Morgan fingerprint density at radius 1 is 1.00 bits per heavy atom. The molecule has 4 aromatic rings. The van der Waals surface area contributed by atoms with Crippen LogP contribution in [0.5, 0.6) is 0 Å². The van der Waals surface area contributed by atoms with Crippen LogP contribution in [0.4, 0.5) is 11.6 Å². The third-order valence-corrected chi connectivity index (χ3v) is 6.57. The molecule has 8 heteroatoms. The summed E-state index contributed by atoms with van der Waals surface area (Å²) in [5, 5.41) is 6.14. The number of aliphatic imine (C=N–C) groups is 1. The van der Waals surface area contributed by atoms with Crippen molar-refractivity contribution in [1.82, 2.24) is 19.6 Å². The number of aromatic nitrogens is 4. The first kappa shape index (κ1) is 20.2. The zero-order valence-electron chi connectivity index (χ0n) is 18.8. The summed E-state index contributed by atoms with van der Waals surface area (Å²) in [5.74, 6) is 2.10. The lowest BCUT2D eigenvalue weighted by atomic mass is 10.1. The summed E-state index contributed by atoms with van der Waals surface area (Å²) in [5.41, 5.74) is 4.05. The van der Waals surface area contributed by atoms with Crippen LogP contribution < -0.4 is 9.80 Å². The lowest BCUT2D eigenvalue weighted by Gasteiger charge is -2.29. The normalized spacial score (nSPS) is 17.6. The number of morpholine rings is 1. The summed E-state index contributed by atoms with van der Waals surface area (Å²) in [7, 11) is 0. The van der Waals surface area contributed by atoms with Gasteiger partial charge in [0.2, 0.25) is 0 Å². The van der Waals surface area contributed by atoms with Gasteiger partial charge < -0.3 is 19.5 Å². The van der Waals surface area contributed by atoms with E-state index in [2.05, 4.69) is 45.1 Å². The van der Waals surface area contributed by atoms with E-state index in [4.69, 9.17) is 19.8 Å². The van der Waals surface area contributed by atoms with Gasteiger partial charge in [-0.05, 0) is 25.3 Å². The first-order valence-corrected chi connectivity index (χ1v) is 11.9. The van der Waals surface area contributed by atoms with Gasteiger partial charge in [0.1, 0.15) is 5.82 Å². The third kappa shape index (κ3) is 4.06. The maximum absolute atomic E-state index is 5.58. The van der Waals surface area contributed by atoms with Crippen molar-refractivity contribution in [1.29, 1.82) is 0 Å². The quantitative estimate of drug-likeness (QED) is 0.477. The van der Waals surface area contributed by atoms with E-state index in [1.165, 1.54) is 24.6 Å². The van der Waals surface area contributed by atoms with Crippen molar-refractivity contribution < 1.29 is 4.74 Å².